The van der Waals surface area contributed by atoms with Crippen molar-refractivity contribution in [2.24, 2.45) is 0 Å². The van der Waals surface area contributed by atoms with Crippen LogP contribution in [0.3, 0.4) is 0 Å². The minimum atomic E-state index is -5.06. The Balaban J connectivity index is 3.68. The van der Waals surface area contributed by atoms with Gasteiger partial charge in [0.05, 0.1) is 10.3 Å². The van der Waals surface area contributed by atoms with Crippen LogP contribution in [0.1, 0.15) is 26.3 Å². The minimum Gasteiger partial charge on any atom is -0.298 e. The Bertz CT molecular complexity index is 556. The molecule has 102 valence electrons. The molecule has 0 aliphatic heterocycles. The van der Waals surface area contributed by atoms with Gasteiger partial charge in [-0.15, -0.1) is 0 Å². The van der Waals surface area contributed by atoms with Gasteiger partial charge in [-0.2, -0.15) is 13.2 Å². The zero-order valence-electron chi connectivity index (χ0n) is 9.03. The van der Waals surface area contributed by atoms with Crippen LogP contribution < -0.4 is 0 Å². The van der Waals surface area contributed by atoms with Crippen LogP contribution in [0.4, 0.5) is 18.9 Å². The second kappa shape index (κ2) is 5.47. The third-order valence-corrected chi connectivity index (χ3v) is 2.71. The number of rotatable bonds is 4. The summed E-state index contributed by atoms with van der Waals surface area (Å²) in [4.78, 5) is 31.4. The number of nitrogens with zero attached hydrogens (tertiary/aromatic N) is 1. The van der Waals surface area contributed by atoms with Crippen molar-refractivity contribution < 1.29 is 27.7 Å². The number of carbonyl (C=O) groups excluding carboxylic acids is 2. The molecule has 0 amide bonds. The van der Waals surface area contributed by atoms with Crippen molar-refractivity contribution in [3.05, 3.63) is 38.9 Å². The molecule has 9 heteroatoms. The molecule has 0 radical (unpaired) electrons. The van der Waals surface area contributed by atoms with Crippen LogP contribution in [-0.4, -0.2) is 22.3 Å². The van der Waals surface area contributed by atoms with Crippen molar-refractivity contribution in [1.82, 2.24) is 0 Å². The topological polar surface area (TPSA) is 77.3 Å². The fourth-order valence-corrected chi connectivity index (χ4v) is 1.76. The molecular formula is C10H5BrF3NO4. The minimum absolute atomic E-state index is 0.166. The number of hydrogen-bond donors (Lipinski definition) is 0. The summed E-state index contributed by atoms with van der Waals surface area (Å²) in [6, 6.07) is 1.20. The van der Waals surface area contributed by atoms with E-state index in [-0.39, 0.29) is 17.2 Å². The molecule has 0 heterocycles. The van der Waals surface area contributed by atoms with Crippen molar-refractivity contribution in [3.63, 3.8) is 0 Å². The summed E-state index contributed by atoms with van der Waals surface area (Å²) in [7, 11) is 0. The highest BCUT2D eigenvalue weighted by atomic mass is 79.9. The van der Waals surface area contributed by atoms with Gasteiger partial charge in [0.25, 0.3) is 5.69 Å². The van der Waals surface area contributed by atoms with Crippen molar-refractivity contribution in [2.75, 3.05) is 5.33 Å². The van der Waals surface area contributed by atoms with Crippen LogP contribution in [0.2, 0.25) is 0 Å². The third kappa shape index (κ3) is 3.16. The molecule has 5 nitrogen and oxygen atoms in total. The monoisotopic (exact) mass is 339 g/mol. The Morgan fingerprint density at radius 2 is 2.00 bits per heavy atom. The van der Waals surface area contributed by atoms with Crippen LogP contribution in [0.25, 0.3) is 0 Å². The van der Waals surface area contributed by atoms with Gasteiger partial charge >= 0.3 is 6.18 Å². The van der Waals surface area contributed by atoms with Gasteiger partial charge in [0, 0.05) is 17.2 Å². The average Bonchev–Trinajstić information content (AvgIpc) is 2.34. The number of halogens is 4. The molecule has 0 aliphatic carbocycles. The number of Topliss-reactive ketones (excluding diaryl/α,β-unsaturated/α-hetero) is 1. The number of benzene rings is 1. The molecule has 0 spiro atoms. The number of alkyl halides is 4. The van der Waals surface area contributed by atoms with E-state index < -0.39 is 33.7 Å². The molecule has 19 heavy (non-hydrogen) atoms. The maximum atomic E-state index is 12.7. The van der Waals surface area contributed by atoms with Gasteiger partial charge in [0.15, 0.2) is 12.1 Å². The first-order valence-corrected chi connectivity index (χ1v) is 5.78. The van der Waals surface area contributed by atoms with E-state index in [0.29, 0.717) is 12.1 Å². The van der Waals surface area contributed by atoms with E-state index in [4.69, 9.17) is 0 Å². The fraction of sp³-hybridized carbons (Fsp3) is 0.200. The number of nitro benzene ring substituents is 1. The molecule has 0 aromatic heterocycles. The Morgan fingerprint density at radius 3 is 2.37 bits per heavy atom. The fourth-order valence-electron chi connectivity index (χ4n) is 1.43. The molecule has 1 aromatic carbocycles. The van der Waals surface area contributed by atoms with E-state index in [1.165, 1.54) is 0 Å². The number of nitro groups is 1. The average molecular weight is 340 g/mol. The number of ketones is 1. The molecule has 0 bridgehead atoms. The lowest BCUT2D eigenvalue weighted by Crippen LogP contribution is -2.14. The second-order valence-corrected chi connectivity index (χ2v) is 3.95. The van der Waals surface area contributed by atoms with Gasteiger partial charge in [0.1, 0.15) is 5.56 Å². The van der Waals surface area contributed by atoms with Gasteiger partial charge in [0.2, 0.25) is 0 Å². The van der Waals surface area contributed by atoms with Crippen molar-refractivity contribution in [2.45, 2.75) is 6.18 Å². The molecule has 0 atom stereocenters. The highest BCUT2D eigenvalue weighted by Crippen LogP contribution is 2.38. The summed E-state index contributed by atoms with van der Waals surface area (Å²) in [5.41, 5.74) is -4.25. The molecule has 0 saturated heterocycles. The molecule has 0 N–H and O–H groups in total. The summed E-state index contributed by atoms with van der Waals surface area (Å²) < 4.78 is 38.1. The van der Waals surface area contributed by atoms with E-state index in [2.05, 4.69) is 15.9 Å². The molecule has 0 fully saturated rings. The van der Waals surface area contributed by atoms with Gasteiger partial charge in [-0.1, -0.05) is 15.9 Å². The van der Waals surface area contributed by atoms with Crippen molar-refractivity contribution in [1.29, 1.82) is 0 Å². The molecule has 0 unspecified atom stereocenters. The van der Waals surface area contributed by atoms with E-state index in [0.717, 1.165) is 0 Å². The van der Waals surface area contributed by atoms with E-state index in [1.807, 2.05) is 0 Å². The lowest BCUT2D eigenvalue weighted by atomic mass is 10.00. The summed E-state index contributed by atoms with van der Waals surface area (Å²) >= 11 is 2.79. The third-order valence-electron chi connectivity index (χ3n) is 2.20. The summed E-state index contributed by atoms with van der Waals surface area (Å²) in [6.07, 6.45) is -5.23. The van der Waals surface area contributed by atoms with Gasteiger partial charge in [-0.25, -0.2) is 0 Å². The maximum Gasteiger partial charge on any atom is 0.423 e. The van der Waals surface area contributed by atoms with Gasteiger partial charge < -0.3 is 0 Å². The molecule has 0 aliphatic rings. The normalized spacial score (nSPS) is 11.2. The predicted molar refractivity (Wildman–Crippen MR) is 61.6 cm³/mol. The second-order valence-electron chi connectivity index (χ2n) is 3.39. The van der Waals surface area contributed by atoms with Gasteiger partial charge in [-0.05, 0) is 6.07 Å². The molecule has 0 saturated carbocycles. The van der Waals surface area contributed by atoms with Crippen molar-refractivity contribution >= 4 is 33.7 Å². The van der Waals surface area contributed by atoms with E-state index in [9.17, 15) is 32.9 Å². The highest BCUT2D eigenvalue weighted by Gasteiger charge is 2.41. The first-order chi connectivity index (χ1) is 8.72. The van der Waals surface area contributed by atoms with Crippen LogP contribution in [-0.2, 0) is 6.18 Å². The van der Waals surface area contributed by atoms with Gasteiger partial charge in [-0.3, -0.25) is 19.7 Å². The zero-order chi connectivity index (χ0) is 14.8. The largest absolute Gasteiger partial charge is 0.423 e. The summed E-state index contributed by atoms with van der Waals surface area (Å²) in [5, 5.41) is 10.4. The predicted octanol–water partition coefficient (Wildman–Crippen LogP) is 3.00. The Morgan fingerprint density at radius 1 is 1.42 bits per heavy atom. The number of carbonyl (C=O) groups is 2. The smallest absolute Gasteiger partial charge is 0.298 e. The van der Waals surface area contributed by atoms with Crippen LogP contribution in [0.5, 0.6) is 0 Å². The highest BCUT2D eigenvalue weighted by molar-refractivity contribution is 9.09. The Hall–Kier alpha value is -1.77. The van der Waals surface area contributed by atoms with Crippen LogP contribution in [0, 0.1) is 10.1 Å². The van der Waals surface area contributed by atoms with Crippen LogP contribution >= 0.6 is 15.9 Å². The van der Waals surface area contributed by atoms with E-state index >= 15 is 0 Å². The lowest BCUT2D eigenvalue weighted by Gasteiger charge is -2.11. The molecule has 1 aromatic rings. The molecule has 1 rings (SSSR count). The van der Waals surface area contributed by atoms with E-state index in [1.54, 1.807) is 0 Å². The first kappa shape index (κ1) is 15.3. The quantitative estimate of drug-likeness (QED) is 0.278. The Labute approximate surface area is 112 Å². The van der Waals surface area contributed by atoms with Crippen LogP contribution in [0.15, 0.2) is 12.1 Å². The number of hydrogen-bond acceptors (Lipinski definition) is 4. The standard InChI is InChI=1S/C10H5BrF3NO4/c11-3-8(17)5-1-6(4-16)9(10(12,13)14)7(2-5)15(18)19/h1-2,4H,3H2. The maximum absolute atomic E-state index is 12.7. The zero-order valence-corrected chi connectivity index (χ0v) is 10.6. The molecular weight excluding hydrogens is 335 g/mol. The van der Waals surface area contributed by atoms with Crippen molar-refractivity contribution in [3.8, 4) is 0 Å². The summed E-state index contributed by atoms with van der Waals surface area (Å²) in [5.74, 6) is -0.667. The summed E-state index contributed by atoms with van der Waals surface area (Å²) in [6.45, 7) is 0. The Kier molecular flexibility index (Phi) is 4.40. The number of aldehydes is 1. The lowest BCUT2D eigenvalue weighted by molar-refractivity contribution is -0.388. The SMILES string of the molecule is O=Cc1cc(C(=O)CBr)cc([N+](=O)[O-])c1C(F)(F)F. The first-order valence-electron chi connectivity index (χ1n) is 4.66.